The number of likely N-dealkylation sites (tertiary alicyclic amines) is 1. The van der Waals surface area contributed by atoms with Crippen LogP contribution in [0.15, 0.2) is 0 Å². The third-order valence-electron chi connectivity index (χ3n) is 3.18. The normalized spacial score (nSPS) is 21.2. The highest BCUT2D eigenvalue weighted by molar-refractivity contribution is 4.76. The number of hydrogen-bond donors (Lipinski definition) is 0. The monoisotopic (exact) mass is 184 g/mol. The Morgan fingerprint density at radius 1 is 1.31 bits per heavy atom. The van der Waals surface area contributed by atoms with E-state index in [9.17, 15) is 0 Å². The molecule has 0 aliphatic carbocycles. The minimum Gasteiger partial charge on any atom is -0.306 e. The predicted octanol–water partition coefficient (Wildman–Crippen LogP) is 1.81. The fourth-order valence-corrected chi connectivity index (χ4v) is 2.03. The lowest BCUT2D eigenvalue weighted by molar-refractivity contribution is 0.143. The zero-order chi connectivity index (χ0) is 9.68. The number of rotatable bonds is 4. The van der Waals surface area contributed by atoms with Gasteiger partial charge in [-0.25, -0.2) is 0 Å². The van der Waals surface area contributed by atoms with Crippen LogP contribution in [-0.4, -0.2) is 49.6 Å². The second-order valence-corrected chi connectivity index (χ2v) is 4.37. The molecule has 0 unspecified atom stereocenters. The number of unbranched alkanes of at least 4 members (excludes halogenated alkanes) is 1. The number of piperidine rings is 1. The quantitative estimate of drug-likeness (QED) is 0.657. The van der Waals surface area contributed by atoms with Crippen molar-refractivity contribution in [3.8, 4) is 0 Å². The van der Waals surface area contributed by atoms with Crippen molar-refractivity contribution < 1.29 is 0 Å². The van der Waals surface area contributed by atoms with Gasteiger partial charge in [0.15, 0.2) is 0 Å². The van der Waals surface area contributed by atoms with Crippen LogP contribution in [0.5, 0.6) is 0 Å². The Morgan fingerprint density at radius 2 is 1.92 bits per heavy atom. The fourth-order valence-electron chi connectivity index (χ4n) is 2.03. The van der Waals surface area contributed by atoms with Crippen LogP contribution in [0.4, 0.5) is 0 Å². The minimum atomic E-state index is 0.850. The number of hydrogen-bond acceptors (Lipinski definition) is 2. The summed E-state index contributed by atoms with van der Waals surface area (Å²) in [7, 11) is 4.51. The van der Waals surface area contributed by atoms with Crippen molar-refractivity contribution in [1.82, 2.24) is 9.80 Å². The molecule has 1 aliphatic heterocycles. The van der Waals surface area contributed by atoms with Gasteiger partial charge in [-0.15, -0.1) is 0 Å². The lowest BCUT2D eigenvalue weighted by Crippen LogP contribution is -2.42. The summed E-state index contributed by atoms with van der Waals surface area (Å²) in [4.78, 5) is 4.99. The fraction of sp³-hybridized carbons (Fsp3) is 1.00. The number of nitrogens with zero attached hydrogens (tertiary/aromatic N) is 2. The maximum absolute atomic E-state index is 2.55. The third kappa shape index (κ3) is 3.65. The van der Waals surface area contributed by atoms with Crippen LogP contribution in [0.2, 0.25) is 0 Å². The molecule has 0 aromatic heterocycles. The lowest BCUT2D eigenvalue weighted by Gasteiger charge is -2.35. The van der Waals surface area contributed by atoms with Crippen LogP contribution in [0.1, 0.15) is 32.6 Å². The van der Waals surface area contributed by atoms with Crippen molar-refractivity contribution >= 4 is 0 Å². The molecule has 1 rings (SSSR count). The van der Waals surface area contributed by atoms with Crippen molar-refractivity contribution in [2.45, 2.75) is 38.6 Å². The van der Waals surface area contributed by atoms with Gasteiger partial charge in [-0.2, -0.15) is 0 Å². The average molecular weight is 184 g/mol. The molecule has 1 aliphatic rings. The first-order chi connectivity index (χ1) is 6.24. The van der Waals surface area contributed by atoms with E-state index in [1.165, 1.54) is 45.3 Å². The van der Waals surface area contributed by atoms with Crippen LogP contribution in [0.3, 0.4) is 0 Å². The largest absolute Gasteiger partial charge is 0.306 e. The van der Waals surface area contributed by atoms with Crippen LogP contribution in [0.25, 0.3) is 0 Å². The van der Waals surface area contributed by atoms with Gasteiger partial charge in [0.2, 0.25) is 0 Å². The zero-order valence-corrected chi connectivity index (χ0v) is 9.42. The molecule has 0 aromatic carbocycles. The maximum atomic E-state index is 2.55. The molecule has 0 bridgehead atoms. The van der Waals surface area contributed by atoms with Crippen LogP contribution >= 0.6 is 0 Å². The maximum Gasteiger partial charge on any atom is 0.0117 e. The summed E-state index contributed by atoms with van der Waals surface area (Å²) >= 11 is 0. The van der Waals surface area contributed by atoms with Crippen molar-refractivity contribution in [3.05, 3.63) is 0 Å². The molecule has 0 amide bonds. The first-order valence-electron chi connectivity index (χ1n) is 5.62. The Labute approximate surface area is 82.9 Å². The molecule has 0 atom stereocenters. The van der Waals surface area contributed by atoms with E-state index in [0.717, 1.165) is 6.04 Å². The Kier molecular flexibility index (Phi) is 4.74. The van der Waals surface area contributed by atoms with E-state index in [0.29, 0.717) is 0 Å². The van der Waals surface area contributed by atoms with Gasteiger partial charge < -0.3 is 9.80 Å². The summed E-state index contributed by atoms with van der Waals surface area (Å²) < 4.78 is 0. The van der Waals surface area contributed by atoms with Gasteiger partial charge in [-0.3, -0.25) is 0 Å². The van der Waals surface area contributed by atoms with Crippen molar-refractivity contribution in [3.63, 3.8) is 0 Å². The summed E-state index contributed by atoms with van der Waals surface area (Å²) in [6, 6.07) is 0.850. The Bertz CT molecular complexity index is 128. The van der Waals surface area contributed by atoms with E-state index >= 15 is 0 Å². The van der Waals surface area contributed by atoms with E-state index in [1.807, 2.05) is 0 Å². The van der Waals surface area contributed by atoms with Gasteiger partial charge in [0.25, 0.3) is 0 Å². The smallest absolute Gasteiger partial charge is 0.0117 e. The highest BCUT2D eigenvalue weighted by atomic mass is 15.2. The van der Waals surface area contributed by atoms with E-state index in [-0.39, 0.29) is 0 Å². The lowest BCUT2D eigenvalue weighted by atomic mass is 10.0. The molecule has 1 heterocycles. The molecule has 1 saturated heterocycles. The summed E-state index contributed by atoms with van der Waals surface area (Å²) in [5, 5.41) is 0. The van der Waals surface area contributed by atoms with E-state index < -0.39 is 0 Å². The van der Waals surface area contributed by atoms with Gasteiger partial charge in [0.05, 0.1) is 0 Å². The highest BCUT2D eigenvalue weighted by Gasteiger charge is 2.19. The Hall–Kier alpha value is -0.0800. The Morgan fingerprint density at radius 3 is 2.46 bits per heavy atom. The van der Waals surface area contributed by atoms with Gasteiger partial charge >= 0.3 is 0 Å². The first-order valence-corrected chi connectivity index (χ1v) is 5.62. The molecule has 0 N–H and O–H groups in total. The zero-order valence-electron chi connectivity index (χ0n) is 9.42. The van der Waals surface area contributed by atoms with E-state index in [2.05, 4.69) is 30.8 Å². The summed E-state index contributed by atoms with van der Waals surface area (Å²) in [6.45, 7) is 6.11. The van der Waals surface area contributed by atoms with Gasteiger partial charge in [-0.05, 0) is 53.0 Å². The molecule has 1 fully saturated rings. The van der Waals surface area contributed by atoms with Gasteiger partial charge in [0, 0.05) is 6.04 Å². The van der Waals surface area contributed by atoms with Crippen molar-refractivity contribution in [2.24, 2.45) is 0 Å². The molecule has 13 heavy (non-hydrogen) atoms. The van der Waals surface area contributed by atoms with Crippen molar-refractivity contribution in [2.75, 3.05) is 33.7 Å². The summed E-state index contributed by atoms with van der Waals surface area (Å²) in [5.74, 6) is 0. The topological polar surface area (TPSA) is 6.48 Å². The molecule has 0 spiro atoms. The van der Waals surface area contributed by atoms with Crippen LogP contribution in [0, 0.1) is 0 Å². The predicted molar refractivity (Wildman–Crippen MR) is 58.1 cm³/mol. The second kappa shape index (κ2) is 5.61. The SMILES string of the molecule is CCCCN(C)C1CCN(C)CC1. The second-order valence-electron chi connectivity index (χ2n) is 4.37. The van der Waals surface area contributed by atoms with Gasteiger partial charge in [-0.1, -0.05) is 13.3 Å². The molecule has 0 aromatic rings. The third-order valence-corrected chi connectivity index (χ3v) is 3.18. The highest BCUT2D eigenvalue weighted by Crippen LogP contribution is 2.14. The first kappa shape index (κ1) is 11.0. The van der Waals surface area contributed by atoms with E-state index in [1.54, 1.807) is 0 Å². The molecule has 78 valence electrons. The molecule has 0 radical (unpaired) electrons. The minimum absolute atomic E-state index is 0.850. The summed E-state index contributed by atoms with van der Waals surface area (Å²) in [5.41, 5.74) is 0. The Balaban J connectivity index is 2.19. The van der Waals surface area contributed by atoms with Crippen LogP contribution < -0.4 is 0 Å². The molecular formula is C11H24N2. The molecular weight excluding hydrogens is 160 g/mol. The van der Waals surface area contributed by atoms with Crippen LogP contribution in [-0.2, 0) is 0 Å². The van der Waals surface area contributed by atoms with E-state index in [4.69, 9.17) is 0 Å². The van der Waals surface area contributed by atoms with Crippen molar-refractivity contribution in [1.29, 1.82) is 0 Å². The molecule has 2 heteroatoms. The molecule has 0 saturated carbocycles. The van der Waals surface area contributed by atoms with Gasteiger partial charge in [0.1, 0.15) is 0 Å². The summed E-state index contributed by atoms with van der Waals surface area (Å²) in [6.07, 6.45) is 5.38. The standard InChI is InChI=1S/C11H24N2/c1-4-5-8-13(3)11-6-9-12(2)10-7-11/h11H,4-10H2,1-3H3. The average Bonchev–Trinajstić information content (AvgIpc) is 2.15. The molecule has 2 nitrogen and oxygen atoms in total.